The lowest BCUT2D eigenvalue weighted by molar-refractivity contribution is 0.0240. The van der Waals surface area contributed by atoms with Crippen LogP contribution in [0, 0.1) is 19.7 Å². The van der Waals surface area contributed by atoms with Crippen molar-refractivity contribution in [2.24, 2.45) is 0 Å². The molecule has 1 amide bonds. The molecule has 7 heteroatoms. The van der Waals surface area contributed by atoms with E-state index in [1.54, 1.807) is 24.3 Å². The van der Waals surface area contributed by atoms with Crippen LogP contribution >= 0.6 is 11.3 Å². The van der Waals surface area contributed by atoms with Crippen LogP contribution in [0.5, 0.6) is 0 Å². The molecular formula is C22H23FN2O3S. The monoisotopic (exact) mass is 414 g/mol. The predicted molar refractivity (Wildman–Crippen MR) is 111 cm³/mol. The lowest BCUT2D eigenvalue weighted by atomic mass is 9.94. The standard InChI is InChI=1S/C22H23FN2O3S/c1-14-15(2)29-22(24-21(26)18-7-4-10-28-18)19(14)20(25-8-11-27-12-9-25)16-5-3-6-17(23)13-16/h3-7,10,13,20H,8-9,11-12H2,1-2H3,(H,24,26)/t20-/m1/s1. The van der Waals surface area contributed by atoms with E-state index in [9.17, 15) is 9.18 Å². The van der Waals surface area contributed by atoms with Crippen LogP contribution in [0.15, 0.2) is 47.1 Å². The van der Waals surface area contributed by atoms with Gasteiger partial charge in [0.05, 0.1) is 25.5 Å². The second-order valence-corrected chi connectivity index (χ2v) is 8.29. The van der Waals surface area contributed by atoms with Gasteiger partial charge in [0.25, 0.3) is 5.91 Å². The molecule has 0 radical (unpaired) electrons. The van der Waals surface area contributed by atoms with E-state index in [2.05, 4.69) is 17.1 Å². The van der Waals surface area contributed by atoms with Crippen molar-refractivity contribution < 1.29 is 18.3 Å². The van der Waals surface area contributed by atoms with Gasteiger partial charge in [-0.25, -0.2) is 4.39 Å². The average molecular weight is 415 g/mol. The highest BCUT2D eigenvalue weighted by Crippen LogP contribution is 2.42. The Morgan fingerprint density at radius 1 is 1.21 bits per heavy atom. The van der Waals surface area contributed by atoms with Crippen LogP contribution in [0.4, 0.5) is 9.39 Å². The van der Waals surface area contributed by atoms with Gasteiger partial charge in [-0.1, -0.05) is 12.1 Å². The zero-order valence-corrected chi connectivity index (χ0v) is 17.2. The zero-order valence-electron chi connectivity index (χ0n) is 16.4. The summed E-state index contributed by atoms with van der Waals surface area (Å²) in [5.41, 5.74) is 2.96. The highest BCUT2D eigenvalue weighted by atomic mass is 32.1. The van der Waals surface area contributed by atoms with Crippen LogP contribution in [0.1, 0.15) is 38.2 Å². The molecule has 1 fully saturated rings. The summed E-state index contributed by atoms with van der Waals surface area (Å²) < 4.78 is 24.9. The predicted octanol–water partition coefficient (Wildman–Crippen LogP) is 4.77. The molecule has 0 saturated carbocycles. The Morgan fingerprint density at radius 3 is 2.69 bits per heavy atom. The lowest BCUT2D eigenvalue weighted by Crippen LogP contribution is -2.40. The number of anilines is 1. The normalized spacial score (nSPS) is 16.0. The Bertz CT molecular complexity index is 994. The second kappa shape index (κ2) is 8.49. The van der Waals surface area contributed by atoms with Crippen LogP contribution in [0.25, 0.3) is 0 Å². The van der Waals surface area contributed by atoms with Crippen molar-refractivity contribution in [1.82, 2.24) is 4.90 Å². The molecule has 152 valence electrons. The first kappa shape index (κ1) is 19.8. The van der Waals surface area contributed by atoms with Crippen LogP contribution in [0.3, 0.4) is 0 Å². The summed E-state index contributed by atoms with van der Waals surface area (Å²) in [6.45, 7) is 6.82. The molecule has 4 rings (SSSR count). The number of furan rings is 1. The van der Waals surface area contributed by atoms with Gasteiger partial charge in [0, 0.05) is 23.5 Å². The fourth-order valence-corrected chi connectivity index (χ4v) is 4.80. The van der Waals surface area contributed by atoms with Crippen molar-refractivity contribution in [3.63, 3.8) is 0 Å². The minimum Gasteiger partial charge on any atom is -0.459 e. The first-order chi connectivity index (χ1) is 14.0. The van der Waals surface area contributed by atoms with E-state index < -0.39 is 0 Å². The topological polar surface area (TPSA) is 54.7 Å². The number of aryl methyl sites for hydroxylation is 1. The molecule has 0 bridgehead atoms. The third kappa shape index (κ3) is 4.12. The Morgan fingerprint density at radius 2 is 2.00 bits per heavy atom. The molecule has 2 aromatic heterocycles. The molecule has 0 spiro atoms. The number of hydrogen-bond donors (Lipinski definition) is 1. The third-order valence-corrected chi connectivity index (χ3v) is 6.39. The molecular weight excluding hydrogens is 391 g/mol. The van der Waals surface area contributed by atoms with Crippen LogP contribution in [0.2, 0.25) is 0 Å². The molecule has 1 aromatic carbocycles. The number of ether oxygens (including phenoxy) is 1. The van der Waals surface area contributed by atoms with Gasteiger partial charge < -0.3 is 14.5 Å². The molecule has 5 nitrogen and oxygen atoms in total. The number of hydrogen-bond acceptors (Lipinski definition) is 5. The largest absolute Gasteiger partial charge is 0.459 e. The van der Waals surface area contributed by atoms with Crippen molar-refractivity contribution in [3.8, 4) is 0 Å². The van der Waals surface area contributed by atoms with Crippen LogP contribution in [-0.2, 0) is 4.74 Å². The van der Waals surface area contributed by atoms with Crippen molar-refractivity contribution >= 4 is 22.2 Å². The number of benzene rings is 1. The number of carbonyl (C=O) groups is 1. The van der Waals surface area contributed by atoms with E-state index in [1.807, 2.05) is 13.0 Å². The maximum absolute atomic E-state index is 14.1. The molecule has 1 atom stereocenters. The van der Waals surface area contributed by atoms with Crippen LogP contribution < -0.4 is 5.32 Å². The van der Waals surface area contributed by atoms with Gasteiger partial charge in [0.1, 0.15) is 10.8 Å². The van der Waals surface area contributed by atoms with Gasteiger partial charge in [0.15, 0.2) is 5.76 Å². The summed E-state index contributed by atoms with van der Waals surface area (Å²) in [5, 5.41) is 3.78. The summed E-state index contributed by atoms with van der Waals surface area (Å²) in [6, 6.07) is 9.84. The molecule has 1 saturated heterocycles. The summed E-state index contributed by atoms with van der Waals surface area (Å²) in [5.74, 6) is -0.308. The Balaban J connectivity index is 1.78. The van der Waals surface area contributed by atoms with Gasteiger partial charge in [0.2, 0.25) is 0 Å². The molecule has 3 heterocycles. The maximum atomic E-state index is 14.1. The highest BCUT2D eigenvalue weighted by Gasteiger charge is 2.31. The van der Waals surface area contributed by atoms with Gasteiger partial charge in [-0.2, -0.15) is 0 Å². The van der Waals surface area contributed by atoms with Gasteiger partial charge in [-0.05, 0) is 49.2 Å². The van der Waals surface area contributed by atoms with Gasteiger partial charge >= 0.3 is 0 Å². The molecule has 1 aliphatic heterocycles. The number of nitrogens with zero attached hydrogens (tertiary/aromatic N) is 1. The van der Waals surface area contributed by atoms with Gasteiger partial charge in [-0.15, -0.1) is 11.3 Å². The number of nitrogens with one attached hydrogen (secondary N) is 1. The maximum Gasteiger partial charge on any atom is 0.291 e. The number of carbonyl (C=O) groups excluding carboxylic acids is 1. The number of thiophene rings is 1. The zero-order chi connectivity index (χ0) is 20.4. The Labute approximate surface area is 173 Å². The fraction of sp³-hybridized carbons (Fsp3) is 0.318. The highest BCUT2D eigenvalue weighted by molar-refractivity contribution is 7.16. The Kier molecular flexibility index (Phi) is 5.80. The Hall–Kier alpha value is -2.48. The van der Waals surface area contributed by atoms with Crippen molar-refractivity contribution in [1.29, 1.82) is 0 Å². The molecule has 3 aromatic rings. The van der Waals surface area contributed by atoms with Crippen molar-refractivity contribution in [2.75, 3.05) is 31.6 Å². The van der Waals surface area contributed by atoms with Gasteiger partial charge in [-0.3, -0.25) is 9.69 Å². The number of halogens is 1. The van der Waals surface area contributed by atoms with E-state index in [-0.39, 0.29) is 23.5 Å². The van der Waals surface area contributed by atoms with E-state index in [1.165, 1.54) is 23.7 Å². The smallest absolute Gasteiger partial charge is 0.291 e. The first-order valence-electron chi connectivity index (χ1n) is 9.56. The minimum atomic E-state index is -0.294. The lowest BCUT2D eigenvalue weighted by Gasteiger charge is -2.35. The SMILES string of the molecule is Cc1sc(NC(=O)c2ccco2)c([C@@H](c2cccc(F)c2)N2CCOCC2)c1C. The van der Waals surface area contributed by atoms with E-state index in [0.717, 1.165) is 39.7 Å². The third-order valence-electron chi connectivity index (χ3n) is 5.25. The number of morpholine rings is 1. The van der Waals surface area contributed by atoms with Crippen molar-refractivity contribution in [3.05, 3.63) is 75.8 Å². The van der Waals surface area contributed by atoms with Crippen molar-refractivity contribution in [2.45, 2.75) is 19.9 Å². The van der Waals surface area contributed by atoms with E-state index >= 15 is 0 Å². The summed E-state index contributed by atoms with van der Waals surface area (Å²) in [4.78, 5) is 16.0. The summed E-state index contributed by atoms with van der Waals surface area (Å²) in [6.07, 6.45) is 1.48. The fourth-order valence-electron chi connectivity index (χ4n) is 3.71. The molecule has 1 N–H and O–H groups in total. The molecule has 29 heavy (non-hydrogen) atoms. The first-order valence-corrected chi connectivity index (χ1v) is 10.4. The molecule has 1 aliphatic rings. The summed E-state index contributed by atoms with van der Waals surface area (Å²) >= 11 is 1.53. The molecule has 0 aliphatic carbocycles. The number of amides is 1. The average Bonchev–Trinajstić information content (AvgIpc) is 3.34. The van der Waals surface area contributed by atoms with E-state index in [4.69, 9.17) is 9.15 Å². The number of rotatable bonds is 5. The minimum absolute atomic E-state index is 0.175. The molecule has 0 unspecified atom stereocenters. The van der Waals surface area contributed by atoms with E-state index in [0.29, 0.717) is 13.2 Å². The van der Waals surface area contributed by atoms with Crippen LogP contribution in [-0.4, -0.2) is 37.1 Å². The second-order valence-electron chi connectivity index (χ2n) is 7.06. The quantitative estimate of drug-likeness (QED) is 0.653. The summed E-state index contributed by atoms with van der Waals surface area (Å²) in [7, 11) is 0.